The molecule has 0 bridgehead atoms. The third-order valence-electron chi connectivity index (χ3n) is 3.96. The van der Waals surface area contributed by atoms with Crippen molar-refractivity contribution in [2.75, 3.05) is 7.11 Å². The fourth-order valence-corrected chi connectivity index (χ4v) is 6.54. The van der Waals surface area contributed by atoms with Crippen LogP contribution < -0.4 is 0 Å². The summed E-state index contributed by atoms with van der Waals surface area (Å²) in [7, 11) is 1.39. The van der Waals surface area contributed by atoms with Gasteiger partial charge in [0.15, 0.2) is 0 Å². The first-order chi connectivity index (χ1) is 10.8. The van der Waals surface area contributed by atoms with Gasteiger partial charge < -0.3 is 0 Å². The Bertz CT molecular complexity index is 406. The van der Waals surface area contributed by atoms with E-state index in [9.17, 15) is 0 Å². The van der Waals surface area contributed by atoms with Gasteiger partial charge in [0.25, 0.3) is 0 Å². The van der Waals surface area contributed by atoms with Crippen molar-refractivity contribution in [1.82, 2.24) is 0 Å². The SMILES string of the molecule is CCCCC1=[C]([Zr][C]2=C(CCCC)C=CC2)CC=C1.COCl. The van der Waals surface area contributed by atoms with Crippen LogP contribution in [0.5, 0.6) is 0 Å². The van der Waals surface area contributed by atoms with Gasteiger partial charge in [-0.05, 0) is 0 Å². The van der Waals surface area contributed by atoms with E-state index >= 15 is 0 Å². The van der Waals surface area contributed by atoms with Crippen LogP contribution in [-0.4, -0.2) is 7.11 Å². The number of unbranched alkanes of at least 4 members (excludes halogenated alkanes) is 2. The van der Waals surface area contributed by atoms with E-state index in [0.29, 0.717) is 0 Å². The standard InChI is InChI=1S/2C9H13.CH3ClO.Zr/c2*1-2-3-6-9-7-4-5-8-9;1-3-2;/h2*4,7H,2-3,5-6H2,1H3;1H3;. The molecular weight excluding hydrogens is 371 g/mol. The van der Waals surface area contributed by atoms with Gasteiger partial charge in [0.2, 0.25) is 0 Å². The molecule has 0 spiro atoms. The predicted molar refractivity (Wildman–Crippen MR) is 93.5 cm³/mol. The van der Waals surface area contributed by atoms with E-state index in [1.807, 2.05) is 6.56 Å². The van der Waals surface area contributed by atoms with E-state index in [1.165, 1.54) is 58.5 Å². The van der Waals surface area contributed by atoms with E-state index in [2.05, 4.69) is 54.3 Å². The number of hydrogen-bond acceptors (Lipinski definition) is 1. The minimum Gasteiger partial charge on any atom is -0.283 e. The first kappa shape index (κ1) is 20.1. The second-order valence-electron chi connectivity index (χ2n) is 5.71. The molecule has 0 radical (unpaired) electrons. The molecule has 22 heavy (non-hydrogen) atoms. The second-order valence-corrected chi connectivity index (χ2v) is 9.60. The molecule has 3 heteroatoms. The molecule has 2 rings (SSSR count). The normalized spacial score (nSPS) is 16.4. The summed E-state index contributed by atoms with van der Waals surface area (Å²) in [5.74, 6) is 0. The predicted octanol–water partition coefficient (Wildman–Crippen LogP) is 6.66. The van der Waals surface area contributed by atoms with Crippen LogP contribution in [0.25, 0.3) is 0 Å². The first-order valence-corrected chi connectivity index (χ1v) is 11.2. The molecule has 0 amide bonds. The molecule has 0 saturated heterocycles. The van der Waals surface area contributed by atoms with E-state index < -0.39 is 23.2 Å². The average molecular weight is 400 g/mol. The zero-order valence-electron chi connectivity index (χ0n) is 14.3. The van der Waals surface area contributed by atoms with Gasteiger partial charge in [-0.3, -0.25) is 4.29 Å². The molecule has 0 aromatic heterocycles. The molecule has 2 aliphatic carbocycles. The van der Waals surface area contributed by atoms with Crippen molar-refractivity contribution in [3.05, 3.63) is 42.0 Å². The van der Waals surface area contributed by atoms with Crippen LogP contribution in [0, 0.1) is 0 Å². The third-order valence-corrected chi connectivity index (χ3v) is 8.02. The maximum Gasteiger partial charge on any atom is 0.0606 e. The van der Waals surface area contributed by atoms with E-state index in [1.54, 1.807) is 11.1 Å². The van der Waals surface area contributed by atoms with Crippen LogP contribution in [-0.2, 0) is 27.5 Å². The fourth-order valence-electron chi connectivity index (χ4n) is 2.75. The molecule has 0 aromatic carbocycles. The topological polar surface area (TPSA) is 9.23 Å². The van der Waals surface area contributed by atoms with Crippen LogP contribution in [0.15, 0.2) is 42.0 Å². The van der Waals surface area contributed by atoms with Gasteiger partial charge in [-0.25, -0.2) is 0 Å². The van der Waals surface area contributed by atoms with Crippen LogP contribution in [0.1, 0.15) is 65.2 Å². The van der Waals surface area contributed by atoms with Crippen molar-refractivity contribution in [2.24, 2.45) is 0 Å². The van der Waals surface area contributed by atoms with Gasteiger partial charge in [-0.15, -0.1) is 0 Å². The summed E-state index contributed by atoms with van der Waals surface area (Å²) < 4.78 is 7.45. The molecule has 0 saturated carbocycles. The van der Waals surface area contributed by atoms with Crippen LogP contribution >= 0.6 is 11.9 Å². The Morgan fingerprint density at radius 1 is 0.955 bits per heavy atom. The summed E-state index contributed by atoms with van der Waals surface area (Å²) in [4.78, 5) is 0. The molecular formula is C19H29ClOZr. The van der Waals surface area contributed by atoms with Crippen molar-refractivity contribution < 1.29 is 27.5 Å². The summed E-state index contributed by atoms with van der Waals surface area (Å²) in [5, 5.41) is 0. The van der Waals surface area contributed by atoms with Crippen molar-refractivity contribution in [2.45, 2.75) is 65.2 Å². The van der Waals surface area contributed by atoms with Crippen molar-refractivity contribution in [1.29, 1.82) is 0 Å². The molecule has 0 aromatic rings. The number of rotatable bonds is 8. The van der Waals surface area contributed by atoms with Gasteiger partial charge in [-0.1, -0.05) is 0 Å². The van der Waals surface area contributed by atoms with Crippen molar-refractivity contribution in [3.8, 4) is 0 Å². The molecule has 0 N–H and O–H groups in total. The maximum absolute atomic E-state index is 4.50. The van der Waals surface area contributed by atoms with Crippen LogP contribution in [0.2, 0.25) is 0 Å². The van der Waals surface area contributed by atoms with Gasteiger partial charge in [-0.2, -0.15) is 0 Å². The van der Waals surface area contributed by atoms with E-state index in [-0.39, 0.29) is 0 Å². The first-order valence-electron chi connectivity index (χ1n) is 8.45. The molecule has 0 fully saturated rings. The molecule has 2 aliphatic rings. The van der Waals surface area contributed by atoms with Gasteiger partial charge in [0.05, 0.1) is 19.0 Å². The smallest absolute Gasteiger partial charge is 0.0606 e. The Balaban J connectivity index is 0.000000745. The summed E-state index contributed by atoms with van der Waals surface area (Å²) in [6, 6.07) is 0. The Kier molecular flexibility index (Phi) is 11.4. The molecule has 0 heterocycles. The summed E-state index contributed by atoms with van der Waals surface area (Å²) in [6.07, 6.45) is 20.2. The van der Waals surface area contributed by atoms with Crippen molar-refractivity contribution in [3.63, 3.8) is 0 Å². The monoisotopic (exact) mass is 398 g/mol. The van der Waals surface area contributed by atoms with Crippen LogP contribution in [0.4, 0.5) is 0 Å². The zero-order chi connectivity index (χ0) is 16.2. The minimum absolute atomic E-state index is 0.463. The van der Waals surface area contributed by atoms with Gasteiger partial charge in [0.1, 0.15) is 0 Å². The van der Waals surface area contributed by atoms with Crippen LogP contribution in [0.3, 0.4) is 0 Å². The molecule has 0 unspecified atom stereocenters. The fraction of sp³-hybridized carbons (Fsp3) is 0.579. The average Bonchev–Trinajstić information content (AvgIpc) is 3.14. The van der Waals surface area contributed by atoms with Gasteiger partial charge >= 0.3 is 130 Å². The Morgan fingerprint density at radius 3 is 1.73 bits per heavy atom. The molecule has 0 atom stereocenters. The molecule has 122 valence electrons. The van der Waals surface area contributed by atoms with Gasteiger partial charge in [0, 0.05) is 0 Å². The summed E-state index contributed by atoms with van der Waals surface area (Å²) in [6.45, 7) is 4.59. The molecule has 0 aliphatic heterocycles. The summed E-state index contributed by atoms with van der Waals surface area (Å²) >= 11 is 4.04. The van der Waals surface area contributed by atoms with Crippen molar-refractivity contribution >= 4 is 11.9 Å². The second kappa shape index (κ2) is 12.5. The Labute approximate surface area is 153 Å². The number of halogens is 1. The molecule has 1 nitrogen and oxygen atoms in total. The zero-order valence-corrected chi connectivity index (χ0v) is 17.5. The quantitative estimate of drug-likeness (QED) is 0.443. The Hall–Kier alpha value is 0.0931. The minimum atomic E-state index is -0.463. The number of hydrogen-bond donors (Lipinski definition) is 0. The summed E-state index contributed by atoms with van der Waals surface area (Å²) in [5.41, 5.74) is 3.42. The van der Waals surface area contributed by atoms with E-state index in [4.69, 9.17) is 0 Å². The Morgan fingerprint density at radius 2 is 1.36 bits per heavy atom. The third kappa shape index (κ3) is 7.11. The number of allylic oxidation sites excluding steroid dienone is 8. The van der Waals surface area contributed by atoms with E-state index in [0.717, 1.165) is 0 Å². The maximum atomic E-state index is 4.50. The largest absolute Gasteiger partial charge is 0.283 e.